The maximum absolute atomic E-state index is 5.52. The normalized spacial score (nSPS) is 19.4. The molecule has 4 nitrogen and oxygen atoms in total. The van der Waals surface area contributed by atoms with Gasteiger partial charge in [0.25, 0.3) is 0 Å². The lowest BCUT2D eigenvalue weighted by Gasteiger charge is -2.21. The molecule has 20 heavy (non-hydrogen) atoms. The Morgan fingerprint density at radius 2 is 2.25 bits per heavy atom. The van der Waals surface area contributed by atoms with Gasteiger partial charge in [0.2, 0.25) is 0 Å². The first kappa shape index (κ1) is 19.7. The molecule has 1 heterocycles. The van der Waals surface area contributed by atoms with E-state index in [1.165, 1.54) is 6.42 Å². The van der Waals surface area contributed by atoms with Crippen molar-refractivity contribution in [2.45, 2.75) is 33.6 Å². The number of nitrogens with one attached hydrogen (secondary N) is 1. The van der Waals surface area contributed by atoms with E-state index in [1.54, 1.807) is 0 Å². The minimum absolute atomic E-state index is 0. The first-order chi connectivity index (χ1) is 9.31. The van der Waals surface area contributed by atoms with E-state index in [4.69, 9.17) is 4.74 Å². The van der Waals surface area contributed by atoms with Crippen LogP contribution in [0.4, 0.5) is 0 Å². The van der Waals surface area contributed by atoms with Crippen LogP contribution in [-0.2, 0) is 4.74 Å². The summed E-state index contributed by atoms with van der Waals surface area (Å²) in [6.07, 6.45) is 6.46. The van der Waals surface area contributed by atoms with Gasteiger partial charge in [-0.05, 0) is 33.6 Å². The van der Waals surface area contributed by atoms with Gasteiger partial charge in [0, 0.05) is 38.7 Å². The summed E-state index contributed by atoms with van der Waals surface area (Å²) < 4.78 is 5.52. The Bertz CT molecular complexity index is 295. The van der Waals surface area contributed by atoms with Crippen LogP contribution in [0.15, 0.2) is 17.1 Å². The predicted molar refractivity (Wildman–Crippen MR) is 97.0 cm³/mol. The van der Waals surface area contributed by atoms with E-state index in [2.05, 4.69) is 41.2 Å². The zero-order valence-electron chi connectivity index (χ0n) is 13.1. The number of nitrogens with zero attached hydrogens (tertiary/aromatic N) is 2. The van der Waals surface area contributed by atoms with Crippen LogP contribution >= 0.6 is 24.0 Å². The number of guanidine groups is 1. The second-order valence-corrected chi connectivity index (χ2v) is 4.85. The van der Waals surface area contributed by atoms with Crippen molar-refractivity contribution in [3.05, 3.63) is 12.2 Å². The molecule has 1 N–H and O–H groups in total. The fraction of sp³-hybridized carbons (Fsp3) is 0.800. The highest BCUT2D eigenvalue weighted by atomic mass is 127. The number of ether oxygens (including phenoxy) is 1. The van der Waals surface area contributed by atoms with E-state index < -0.39 is 0 Å². The Balaban J connectivity index is 0.00000361. The van der Waals surface area contributed by atoms with Crippen LogP contribution in [0.3, 0.4) is 0 Å². The lowest BCUT2D eigenvalue weighted by Crippen LogP contribution is -2.40. The second-order valence-electron chi connectivity index (χ2n) is 4.85. The zero-order valence-corrected chi connectivity index (χ0v) is 15.4. The van der Waals surface area contributed by atoms with Gasteiger partial charge < -0.3 is 15.0 Å². The Kier molecular flexibility index (Phi) is 12.3. The number of likely N-dealkylation sites (tertiary alicyclic amines) is 1. The Labute approximate surface area is 141 Å². The van der Waals surface area contributed by atoms with Crippen LogP contribution in [0.1, 0.15) is 33.6 Å². The molecule has 0 aromatic heterocycles. The topological polar surface area (TPSA) is 36.9 Å². The molecule has 0 spiro atoms. The van der Waals surface area contributed by atoms with Crippen molar-refractivity contribution in [3.8, 4) is 0 Å². The first-order valence-electron chi connectivity index (χ1n) is 7.53. The Hall–Kier alpha value is -0.300. The molecule has 1 rings (SSSR count). The van der Waals surface area contributed by atoms with Crippen molar-refractivity contribution in [2.24, 2.45) is 10.9 Å². The van der Waals surface area contributed by atoms with E-state index >= 15 is 0 Å². The van der Waals surface area contributed by atoms with Gasteiger partial charge in [0.15, 0.2) is 5.96 Å². The number of halogens is 1. The first-order valence-corrected chi connectivity index (χ1v) is 7.53. The van der Waals surface area contributed by atoms with Crippen molar-refractivity contribution >= 4 is 29.9 Å². The minimum atomic E-state index is 0. The van der Waals surface area contributed by atoms with Crippen molar-refractivity contribution in [1.82, 2.24) is 10.2 Å². The van der Waals surface area contributed by atoms with Gasteiger partial charge >= 0.3 is 0 Å². The quantitative estimate of drug-likeness (QED) is 0.237. The monoisotopic (exact) mass is 395 g/mol. The van der Waals surface area contributed by atoms with E-state index in [-0.39, 0.29) is 24.0 Å². The Morgan fingerprint density at radius 1 is 1.45 bits per heavy atom. The maximum Gasteiger partial charge on any atom is 0.193 e. The summed E-state index contributed by atoms with van der Waals surface area (Å²) >= 11 is 0. The highest BCUT2D eigenvalue weighted by Crippen LogP contribution is 2.16. The van der Waals surface area contributed by atoms with Gasteiger partial charge in [-0.25, -0.2) is 0 Å². The molecule has 0 bridgehead atoms. The van der Waals surface area contributed by atoms with Crippen molar-refractivity contribution in [1.29, 1.82) is 0 Å². The molecule has 1 atom stereocenters. The number of allylic oxidation sites excluding steroid dienone is 1. The van der Waals surface area contributed by atoms with Crippen LogP contribution in [0, 0.1) is 5.92 Å². The average Bonchev–Trinajstić information content (AvgIpc) is 2.88. The minimum Gasteiger partial charge on any atom is -0.381 e. The van der Waals surface area contributed by atoms with Crippen LogP contribution in [-0.4, -0.2) is 50.3 Å². The molecule has 0 saturated carbocycles. The summed E-state index contributed by atoms with van der Waals surface area (Å²) in [4.78, 5) is 7.05. The smallest absolute Gasteiger partial charge is 0.193 e. The van der Waals surface area contributed by atoms with Crippen LogP contribution in [0.25, 0.3) is 0 Å². The van der Waals surface area contributed by atoms with Crippen molar-refractivity contribution in [2.75, 3.05) is 39.4 Å². The van der Waals surface area contributed by atoms with Crippen molar-refractivity contribution < 1.29 is 4.74 Å². The fourth-order valence-corrected chi connectivity index (χ4v) is 2.28. The summed E-state index contributed by atoms with van der Waals surface area (Å²) in [6.45, 7) is 11.9. The summed E-state index contributed by atoms with van der Waals surface area (Å²) in [5, 5.41) is 3.39. The molecule has 0 aliphatic carbocycles. The molecular formula is C15H30IN3O. The maximum atomic E-state index is 5.52. The van der Waals surface area contributed by atoms with E-state index in [1.807, 2.05) is 6.92 Å². The molecule has 0 aromatic carbocycles. The van der Waals surface area contributed by atoms with Gasteiger partial charge in [-0.3, -0.25) is 4.99 Å². The summed E-state index contributed by atoms with van der Waals surface area (Å²) in [5.41, 5.74) is 0. The molecule has 1 aliphatic heterocycles. The third-order valence-corrected chi connectivity index (χ3v) is 3.27. The van der Waals surface area contributed by atoms with Gasteiger partial charge in [0.1, 0.15) is 0 Å². The third-order valence-electron chi connectivity index (χ3n) is 3.27. The Morgan fingerprint density at radius 3 is 2.90 bits per heavy atom. The lowest BCUT2D eigenvalue weighted by atomic mass is 10.1. The molecule has 1 aliphatic rings. The van der Waals surface area contributed by atoms with E-state index in [0.717, 1.165) is 51.8 Å². The van der Waals surface area contributed by atoms with Crippen molar-refractivity contribution in [3.63, 3.8) is 0 Å². The predicted octanol–water partition coefficient (Wildman–Crippen LogP) is 2.89. The zero-order chi connectivity index (χ0) is 13.9. The average molecular weight is 395 g/mol. The van der Waals surface area contributed by atoms with Gasteiger partial charge in [-0.1, -0.05) is 12.2 Å². The molecule has 1 unspecified atom stereocenters. The molecule has 0 radical (unpaired) electrons. The van der Waals surface area contributed by atoms with Gasteiger partial charge in [-0.15, -0.1) is 24.0 Å². The number of hydrogen-bond acceptors (Lipinski definition) is 2. The van der Waals surface area contributed by atoms with Crippen LogP contribution in [0.5, 0.6) is 0 Å². The third kappa shape index (κ3) is 7.47. The van der Waals surface area contributed by atoms with Crippen LogP contribution < -0.4 is 5.32 Å². The second kappa shape index (κ2) is 12.4. The van der Waals surface area contributed by atoms with Gasteiger partial charge in [-0.2, -0.15) is 0 Å². The molecular weight excluding hydrogens is 365 g/mol. The highest BCUT2D eigenvalue weighted by molar-refractivity contribution is 14.0. The number of hydrogen-bond donors (Lipinski definition) is 1. The molecule has 0 aromatic rings. The fourth-order valence-electron chi connectivity index (χ4n) is 2.28. The molecule has 1 fully saturated rings. The number of rotatable bonds is 7. The van der Waals surface area contributed by atoms with E-state index in [9.17, 15) is 0 Å². The molecule has 1 saturated heterocycles. The lowest BCUT2D eigenvalue weighted by molar-refractivity contribution is 0.114. The summed E-state index contributed by atoms with van der Waals surface area (Å²) in [6, 6.07) is 0. The SMILES string of the molecule is C/C=C/CCN=C(NCC)N1CCC(COCC)C1.I. The van der Waals surface area contributed by atoms with Crippen LogP contribution in [0.2, 0.25) is 0 Å². The molecule has 118 valence electrons. The highest BCUT2D eigenvalue weighted by Gasteiger charge is 2.24. The molecule has 0 amide bonds. The van der Waals surface area contributed by atoms with E-state index in [0.29, 0.717) is 5.92 Å². The summed E-state index contributed by atoms with van der Waals surface area (Å²) in [7, 11) is 0. The van der Waals surface area contributed by atoms with Gasteiger partial charge in [0.05, 0.1) is 6.61 Å². The standard InChI is InChI=1S/C15H29N3O.HI/c1-4-7-8-10-17-15(16-5-2)18-11-9-14(12-18)13-19-6-3;/h4,7,14H,5-6,8-13H2,1-3H3,(H,16,17);1H/b7-4+;. The molecule has 5 heteroatoms. The summed E-state index contributed by atoms with van der Waals surface area (Å²) in [5.74, 6) is 1.71. The largest absolute Gasteiger partial charge is 0.381 e. The number of aliphatic imine (C=N–C) groups is 1.